The first-order valence-corrected chi connectivity index (χ1v) is 5.42. The summed E-state index contributed by atoms with van der Waals surface area (Å²) in [6.07, 6.45) is 0.300. The average molecular weight is 275 g/mol. The van der Waals surface area contributed by atoms with Gasteiger partial charge in [-0.2, -0.15) is 0 Å². The van der Waals surface area contributed by atoms with Crippen molar-refractivity contribution >= 4 is 21.7 Å². The lowest BCUT2D eigenvalue weighted by Crippen LogP contribution is -2.06. The lowest BCUT2D eigenvalue weighted by molar-refractivity contribution is 0.0964. The van der Waals surface area contributed by atoms with Crippen molar-refractivity contribution in [3.63, 3.8) is 0 Å². The summed E-state index contributed by atoms with van der Waals surface area (Å²) in [5.41, 5.74) is 0.0216. The number of hydrogen-bond acceptors (Lipinski definition) is 2. The van der Waals surface area contributed by atoms with E-state index in [2.05, 4.69) is 15.9 Å². The van der Waals surface area contributed by atoms with Gasteiger partial charge in [0.2, 0.25) is 0 Å². The van der Waals surface area contributed by atoms with E-state index in [9.17, 15) is 14.3 Å². The number of carbonyl (C=O) groups excluding carboxylic acids is 1. The van der Waals surface area contributed by atoms with Gasteiger partial charge in [0.05, 0.1) is 10.0 Å². The van der Waals surface area contributed by atoms with E-state index >= 15 is 0 Å². The molecule has 0 radical (unpaired) electrons. The zero-order valence-corrected chi connectivity index (χ0v) is 10.1. The molecule has 1 rings (SSSR count). The van der Waals surface area contributed by atoms with E-state index < -0.39 is 5.82 Å². The Labute approximate surface area is 96.2 Å². The van der Waals surface area contributed by atoms with Crippen molar-refractivity contribution < 1.29 is 14.3 Å². The van der Waals surface area contributed by atoms with Crippen molar-refractivity contribution in [3.05, 3.63) is 28.0 Å². The van der Waals surface area contributed by atoms with Crippen LogP contribution in [0.25, 0.3) is 0 Å². The van der Waals surface area contributed by atoms with Crippen LogP contribution < -0.4 is 0 Å². The molecule has 15 heavy (non-hydrogen) atoms. The van der Waals surface area contributed by atoms with Gasteiger partial charge in [0.25, 0.3) is 0 Å². The van der Waals surface area contributed by atoms with Crippen LogP contribution in [0.3, 0.4) is 0 Å². The predicted molar refractivity (Wildman–Crippen MR) is 59.6 cm³/mol. The van der Waals surface area contributed by atoms with Crippen LogP contribution in [0.15, 0.2) is 16.6 Å². The first kappa shape index (κ1) is 12.2. The lowest BCUT2D eigenvalue weighted by atomic mass is 10.0. The molecular formula is C11H12BrFO2. The molecule has 0 fully saturated rings. The molecule has 0 spiro atoms. The van der Waals surface area contributed by atoms with Gasteiger partial charge >= 0.3 is 0 Å². The van der Waals surface area contributed by atoms with Crippen molar-refractivity contribution in [2.75, 3.05) is 0 Å². The fourth-order valence-electron chi connectivity index (χ4n) is 1.23. The van der Waals surface area contributed by atoms with Gasteiger partial charge < -0.3 is 5.11 Å². The molecule has 1 N–H and O–H groups in total. The van der Waals surface area contributed by atoms with Crippen molar-refractivity contribution in [2.45, 2.75) is 20.3 Å². The molecule has 0 aliphatic heterocycles. The molecule has 1 aromatic carbocycles. The van der Waals surface area contributed by atoms with Crippen molar-refractivity contribution in [3.8, 4) is 5.75 Å². The van der Waals surface area contributed by atoms with Crippen molar-refractivity contribution in [2.24, 2.45) is 5.92 Å². The minimum Gasteiger partial charge on any atom is -0.507 e. The van der Waals surface area contributed by atoms with E-state index in [1.54, 1.807) is 0 Å². The summed E-state index contributed by atoms with van der Waals surface area (Å²) in [6.45, 7) is 3.79. The van der Waals surface area contributed by atoms with Crippen LogP contribution in [0, 0.1) is 11.7 Å². The predicted octanol–water partition coefficient (Wildman–Crippen LogP) is 3.52. The number of Topliss-reactive ketones (excluding diaryl/α,β-unsaturated/α-hetero) is 1. The molecule has 4 heteroatoms. The zero-order valence-electron chi connectivity index (χ0n) is 8.55. The summed E-state index contributed by atoms with van der Waals surface area (Å²) in [4.78, 5) is 11.6. The van der Waals surface area contributed by atoms with Gasteiger partial charge in [0, 0.05) is 12.5 Å². The topological polar surface area (TPSA) is 37.3 Å². The molecule has 0 aliphatic rings. The number of aromatic hydroxyl groups is 1. The van der Waals surface area contributed by atoms with E-state index in [4.69, 9.17) is 0 Å². The van der Waals surface area contributed by atoms with Gasteiger partial charge in [-0.15, -0.1) is 0 Å². The number of carbonyl (C=O) groups is 1. The quantitative estimate of drug-likeness (QED) is 0.857. The summed E-state index contributed by atoms with van der Waals surface area (Å²) >= 11 is 3.05. The van der Waals surface area contributed by atoms with Gasteiger partial charge in [-0.3, -0.25) is 4.79 Å². The Morgan fingerprint density at radius 2 is 2.13 bits per heavy atom. The molecule has 0 aliphatic carbocycles. The summed E-state index contributed by atoms with van der Waals surface area (Å²) in [5, 5.41) is 9.19. The number of benzene rings is 1. The molecule has 2 nitrogen and oxygen atoms in total. The second kappa shape index (κ2) is 4.75. The van der Waals surface area contributed by atoms with E-state index in [0.717, 1.165) is 6.07 Å². The smallest absolute Gasteiger partial charge is 0.166 e. The second-order valence-corrected chi connectivity index (χ2v) is 4.66. The zero-order chi connectivity index (χ0) is 11.6. The molecular weight excluding hydrogens is 263 g/mol. The Balaban J connectivity index is 3.04. The number of halogens is 2. The Morgan fingerprint density at radius 3 is 2.67 bits per heavy atom. The van der Waals surface area contributed by atoms with Gasteiger partial charge in [-0.05, 0) is 27.9 Å². The molecule has 1 aromatic rings. The van der Waals surface area contributed by atoms with E-state index in [1.165, 1.54) is 6.07 Å². The van der Waals surface area contributed by atoms with E-state index in [-0.39, 0.29) is 23.0 Å². The number of rotatable bonds is 3. The lowest BCUT2D eigenvalue weighted by Gasteiger charge is -2.06. The maximum Gasteiger partial charge on any atom is 0.166 e. The summed E-state index contributed by atoms with van der Waals surface area (Å²) in [6, 6.07) is 2.26. The number of phenols is 1. The largest absolute Gasteiger partial charge is 0.507 e. The molecule has 0 heterocycles. The van der Waals surface area contributed by atoms with Crippen LogP contribution in [0.2, 0.25) is 0 Å². The van der Waals surface area contributed by atoms with Crippen LogP contribution in [0.4, 0.5) is 4.39 Å². The fourth-order valence-corrected chi connectivity index (χ4v) is 1.57. The SMILES string of the molecule is CC(C)CC(=O)c1cc(Br)c(O)cc1F. The molecule has 0 saturated heterocycles. The van der Waals surface area contributed by atoms with Crippen molar-refractivity contribution in [1.82, 2.24) is 0 Å². The highest BCUT2D eigenvalue weighted by Gasteiger charge is 2.15. The average Bonchev–Trinajstić information content (AvgIpc) is 2.09. The third-order valence-electron chi connectivity index (χ3n) is 1.93. The maximum atomic E-state index is 13.3. The summed E-state index contributed by atoms with van der Waals surface area (Å²) < 4.78 is 13.7. The molecule has 0 bridgehead atoms. The molecule has 0 aromatic heterocycles. The number of phenolic OH excluding ortho intramolecular Hbond substituents is 1. The fraction of sp³-hybridized carbons (Fsp3) is 0.364. The molecule has 0 saturated carbocycles. The van der Waals surface area contributed by atoms with Gasteiger partial charge in [0.15, 0.2) is 5.78 Å². The minimum atomic E-state index is -0.679. The second-order valence-electron chi connectivity index (χ2n) is 3.80. The third-order valence-corrected chi connectivity index (χ3v) is 2.57. The molecule has 0 unspecified atom stereocenters. The van der Waals surface area contributed by atoms with Crippen LogP contribution in [-0.2, 0) is 0 Å². The maximum absolute atomic E-state index is 13.3. The molecule has 0 atom stereocenters. The Kier molecular flexibility index (Phi) is 3.85. The van der Waals surface area contributed by atoms with Crippen LogP contribution in [0.1, 0.15) is 30.6 Å². The summed E-state index contributed by atoms with van der Waals surface area (Å²) in [5.74, 6) is -0.942. The van der Waals surface area contributed by atoms with Gasteiger partial charge in [-0.1, -0.05) is 13.8 Å². The van der Waals surface area contributed by atoms with E-state index in [1.807, 2.05) is 13.8 Å². The minimum absolute atomic E-state index is 0.0216. The molecule has 82 valence electrons. The Bertz CT molecular complexity index is 388. The third kappa shape index (κ3) is 3.02. The van der Waals surface area contributed by atoms with Gasteiger partial charge in [0.1, 0.15) is 11.6 Å². The van der Waals surface area contributed by atoms with Gasteiger partial charge in [-0.25, -0.2) is 4.39 Å². The standard InChI is InChI=1S/C11H12BrFO2/c1-6(2)3-10(14)7-4-8(12)11(15)5-9(7)13/h4-6,15H,3H2,1-2H3. The first-order valence-electron chi connectivity index (χ1n) is 4.63. The van der Waals surface area contributed by atoms with E-state index in [0.29, 0.717) is 10.9 Å². The van der Waals surface area contributed by atoms with Crippen LogP contribution >= 0.6 is 15.9 Å². The first-order chi connectivity index (χ1) is 6.91. The van der Waals surface area contributed by atoms with Crippen molar-refractivity contribution in [1.29, 1.82) is 0 Å². The van der Waals surface area contributed by atoms with Crippen LogP contribution in [0.5, 0.6) is 5.75 Å². The Morgan fingerprint density at radius 1 is 1.53 bits per heavy atom. The normalized spacial score (nSPS) is 10.7. The molecule has 0 amide bonds. The highest BCUT2D eigenvalue weighted by atomic mass is 79.9. The highest BCUT2D eigenvalue weighted by Crippen LogP contribution is 2.27. The highest BCUT2D eigenvalue weighted by molar-refractivity contribution is 9.10. The number of ketones is 1. The monoisotopic (exact) mass is 274 g/mol. The Hall–Kier alpha value is -0.900. The summed E-state index contributed by atoms with van der Waals surface area (Å²) in [7, 11) is 0. The number of hydrogen-bond donors (Lipinski definition) is 1. The van der Waals surface area contributed by atoms with Crippen LogP contribution in [-0.4, -0.2) is 10.9 Å².